The van der Waals surface area contributed by atoms with E-state index in [9.17, 15) is 0 Å². The maximum absolute atomic E-state index is 6.45. The molecule has 12 aromatic rings. The van der Waals surface area contributed by atoms with Gasteiger partial charge in [-0.15, -0.1) is 0 Å². The highest BCUT2D eigenvalue weighted by Gasteiger charge is 2.18. The molecule has 296 valence electrons. The molecule has 11 aromatic carbocycles. The SMILES string of the molecule is c1ccc(N(c2ccccc2)c2ccc(-c3ccc(N(c4ccc(-c5cccc6c5oc5ccccc56)cc4)c4ccc5c6ccccc6c6ccccc6c5c4)cc3)cc2)cc1. The molecule has 3 heteroatoms. The number of fused-ring (bicyclic) bond motifs is 9. The van der Waals surface area contributed by atoms with Crippen LogP contribution >= 0.6 is 0 Å². The lowest BCUT2D eigenvalue weighted by Gasteiger charge is -2.27. The Morgan fingerprint density at radius 3 is 1.16 bits per heavy atom. The molecule has 0 spiro atoms. The number of benzene rings is 11. The molecule has 0 saturated heterocycles. The fourth-order valence-corrected chi connectivity index (χ4v) is 9.45. The van der Waals surface area contributed by atoms with Crippen molar-refractivity contribution < 1.29 is 4.42 Å². The van der Waals surface area contributed by atoms with Crippen molar-refractivity contribution >= 4 is 88.4 Å². The third kappa shape index (κ3) is 6.38. The summed E-state index contributed by atoms with van der Waals surface area (Å²) in [6, 6.07) is 87.0. The van der Waals surface area contributed by atoms with Crippen LogP contribution in [0, 0.1) is 0 Å². The van der Waals surface area contributed by atoms with E-state index in [1.54, 1.807) is 0 Å². The second-order valence-electron chi connectivity index (χ2n) is 16.1. The summed E-state index contributed by atoms with van der Waals surface area (Å²) in [6.45, 7) is 0. The predicted octanol–water partition coefficient (Wildman–Crippen LogP) is 17.3. The van der Waals surface area contributed by atoms with Gasteiger partial charge in [0.15, 0.2) is 0 Å². The Labute approximate surface area is 365 Å². The van der Waals surface area contributed by atoms with Crippen LogP contribution in [0.4, 0.5) is 34.1 Å². The van der Waals surface area contributed by atoms with Gasteiger partial charge in [-0.25, -0.2) is 0 Å². The predicted molar refractivity (Wildman–Crippen MR) is 266 cm³/mol. The van der Waals surface area contributed by atoms with Gasteiger partial charge in [0.1, 0.15) is 11.2 Å². The number of hydrogen-bond donors (Lipinski definition) is 0. The summed E-state index contributed by atoms with van der Waals surface area (Å²) in [5.41, 5.74) is 12.9. The van der Waals surface area contributed by atoms with Gasteiger partial charge in [0, 0.05) is 50.5 Å². The Morgan fingerprint density at radius 2 is 0.619 bits per heavy atom. The Bertz CT molecular complexity index is 3520. The fraction of sp³-hybridized carbons (Fsp3) is 0. The van der Waals surface area contributed by atoms with Crippen molar-refractivity contribution in [2.45, 2.75) is 0 Å². The molecule has 0 N–H and O–H groups in total. The third-order valence-electron chi connectivity index (χ3n) is 12.4. The first kappa shape index (κ1) is 36.5. The van der Waals surface area contributed by atoms with E-state index in [2.05, 4.69) is 240 Å². The zero-order chi connectivity index (χ0) is 41.7. The van der Waals surface area contributed by atoms with E-state index in [0.717, 1.165) is 78.3 Å². The largest absolute Gasteiger partial charge is 0.455 e. The molecule has 12 rings (SSSR count). The molecule has 63 heavy (non-hydrogen) atoms. The maximum Gasteiger partial charge on any atom is 0.143 e. The molecule has 0 aliphatic heterocycles. The molecule has 0 atom stereocenters. The second kappa shape index (κ2) is 15.3. The quantitative estimate of drug-likeness (QED) is 0.143. The normalized spacial score (nSPS) is 11.5. The van der Waals surface area contributed by atoms with Crippen molar-refractivity contribution in [1.82, 2.24) is 0 Å². The average molecular weight is 805 g/mol. The zero-order valence-corrected chi connectivity index (χ0v) is 34.4. The van der Waals surface area contributed by atoms with Crippen LogP contribution in [0.1, 0.15) is 0 Å². The fourth-order valence-electron chi connectivity index (χ4n) is 9.45. The molecule has 1 heterocycles. The summed E-state index contributed by atoms with van der Waals surface area (Å²) in [5, 5.41) is 9.80. The Morgan fingerprint density at radius 1 is 0.238 bits per heavy atom. The van der Waals surface area contributed by atoms with Crippen molar-refractivity contribution in [3.8, 4) is 22.3 Å². The maximum atomic E-state index is 6.45. The van der Waals surface area contributed by atoms with Crippen LogP contribution in [-0.4, -0.2) is 0 Å². The summed E-state index contributed by atoms with van der Waals surface area (Å²) in [4.78, 5) is 4.67. The first-order valence-electron chi connectivity index (χ1n) is 21.5. The number of nitrogens with zero attached hydrogens (tertiary/aromatic N) is 2. The van der Waals surface area contributed by atoms with E-state index in [1.165, 1.54) is 32.3 Å². The molecular weight excluding hydrogens is 765 g/mol. The van der Waals surface area contributed by atoms with Crippen LogP contribution in [0.3, 0.4) is 0 Å². The molecule has 1 aromatic heterocycles. The number of para-hydroxylation sites is 4. The highest BCUT2D eigenvalue weighted by Crippen LogP contribution is 2.43. The summed E-state index contributed by atoms with van der Waals surface area (Å²) in [5.74, 6) is 0. The zero-order valence-electron chi connectivity index (χ0n) is 34.4. The van der Waals surface area contributed by atoms with Gasteiger partial charge in [0.2, 0.25) is 0 Å². The standard InChI is InChI=1S/C60H40N2O/c1-3-14-44(15-4-1)61(45-16-5-2-6-17-45)46-32-26-41(27-33-46)42-28-34-47(35-29-42)62(49-38-39-55-53-20-8-7-18-51(53)52-19-9-10-21-54(52)58(55)40-49)48-36-30-43(31-37-48)50-23-13-24-57-56-22-11-12-25-59(56)63-60(50)57/h1-40H. The lowest BCUT2D eigenvalue weighted by molar-refractivity contribution is 0.670. The summed E-state index contributed by atoms with van der Waals surface area (Å²) in [6.07, 6.45) is 0. The minimum atomic E-state index is 0.903. The van der Waals surface area contributed by atoms with Crippen molar-refractivity contribution in [2.24, 2.45) is 0 Å². The van der Waals surface area contributed by atoms with Crippen LogP contribution in [0.25, 0.3) is 76.5 Å². The minimum Gasteiger partial charge on any atom is -0.455 e. The molecule has 0 saturated carbocycles. The topological polar surface area (TPSA) is 19.6 Å². The Hall–Kier alpha value is -8.40. The van der Waals surface area contributed by atoms with Gasteiger partial charge in [-0.3, -0.25) is 0 Å². The van der Waals surface area contributed by atoms with E-state index >= 15 is 0 Å². The molecule has 0 amide bonds. The lowest BCUT2D eigenvalue weighted by Crippen LogP contribution is -2.10. The van der Waals surface area contributed by atoms with Gasteiger partial charge in [0.05, 0.1) is 0 Å². The molecule has 0 radical (unpaired) electrons. The Kier molecular flexibility index (Phi) is 8.83. The molecule has 0 unspecified atom stereocenters. The van der Waals surface area contributed by atoms with Gasteiger partial charge in [-0.1, -0.05) is 164 Å². The molecule has 0 bridgehead atoms. The highest BCUT2D eigenvalue weighted by atomic mass is 16.3. The summed E-state index contributed by atoms with van der Waals surface area (Å²) in [7, 11) is 0. The van der Waals surface area contributed by atoms with Gasteiger partial charge in [0.25, 0.3) is 0 Å². The smallest absolute Gasteiger partial charge is 0.143 e. The number of furan rings is 1. The van der Waals surface area contributed by atoms with Crippen LogP contribution in [0.2, 0.25) is 0 Å². The average Bonchev–Trinajstić information content (AvgIpc) is 3.75. The monoisotopic (exact) mass is 804 g/mol. The van der Waals surface area contributed by atoms with E-state index in [0.29, 0.717) is 0 Å². The van der Waals surface area contributed by atoms with Crippen LogP contribution in [0.15, 0.2) is 247 Å². The molecule has 0 aliphatic rings. The van der Waals surface area contributed by atoms with E-state index in [4.69, 9.17) is 4.42 Å². The lowest BCUT2D eigenvalue weighted by atomic mass is 9.94. The van der Waals surface area contributed by atoms with E-state index in [-0.39, 0.29) is 0 Å². The van der Waals surface area contributed by atoms with Crippen LogP contribution in [0.5, 0.6) is 0 Å². The van der Waals surface area contributed by atoms with Crippen molar-refractivity contribution in [3.05, 3.63) is 243 Å². The van der Waals surface area contributed by atoms with Gasteiger partial charge >= 0.3 is 0 Å². The van der Waals surface area contributed by atoms with Crippen molar-refractivity contribution in [1.29, 1.82) is 0 Å². The third-order valence-corrected chi connectivity index (χ3v) is 12.4. The minimum absolute atomic E-state index is 0.903. The van der Waals surface area contributed by atoms with E-state index in [1.807, 2.05) is 12.1 Å². The van der Waals surface area contributed by atoms with Gasteiger partial charge < -0.3 is 14.2 Å². The van der Waals surface area contributed by atoms with Crippen LogP contribution in [-0.2, 0) is 0 Å². The Balaban J connectivity index is 0.952. The second-order valence-corrected chi connectivity index (χ2v) is 16.1. The number of rotatable bonds is 8. The van der Waals surface area contributed by atoms with Crippen molar-refractivity contribution in [3.63, 3.8) is 0 Å². The van der Waals surface area contributed by atoms with E-state index < -0.39 is 0 Å². The van der Waals surface area contributed by atoms with Crippen LogP contribution < -0.4 is 9.80 Å². The molecule has 0 fully saturated rings. The first-order chi connectivity index (χ1) is 31.2. The number of anilines is 6. The summed E-state index contributed by atoms with van der Waals surface area (Å²) >= 11 is 0. The summed E-state index contributed by atoms with van der Waals surface area (Å²) < 4.78 is 6.45. The molecular formula is C60H40N2O. The molecule has 0 aliphatic carbocycles. The first-order valence-corrected chi connectivity index (χ1v) is 21.5. The highest BCUT2D eigenvalue weighted by molar-refractivity contribution is 6.25. The van der Waals surface area contributed by atoms with Gasteiger partial charge in [-0.2, -0.15) is 0 Å². The number of hydrogen-bond acceptors (Lipinski definition) is 3. The molecule has 3 nitrogen and oxygen atoms in total. The van der Waals surface area contributed by atoms with Gasteiger partial charge in [-0.05, 0) is 128 Å². The van der Waals surface area contributed by atoms with Crippen molar-refractivity contribution in [2.75, 3.05) is 9.80 Å².